The zero-order chi connectivity index (χ0) is 30.2. The summed E-state index contributed by atoms with van der Waals surface area (Å²) in [5.41, 5.74) is 8.69. The fourth-order valence-electron chi connectivity index (χ4n) is 8.78. The van der Waals surface area contributed by atoms with Crippen molar-refractivity contribution in [2.24, 2.45) is 35.5 Å². The quantitative estimate of drug-likeness (QED) is 0.140. The van der Waals surface area contributed by atoms with Crippen molar-refractivity contribution in [2.75, 3.05) is 0 Å². The van der Waals surface area contributed by atoms with Gasteiger partial charge in [0, 0.05) is 5.92 Å². The first kappa shape index (κ1) is 32.1. The molecule has 0 saturated heterocycles. The maximum absolute atomic E-state index is 4.57. The summed E-state index contributed by atoms with van der Waals surface area (Å²) in [5, 5.41) is 0. The van der Waals surface area contributed by atoms with Crippen molar-refractivity contribution in [1.29, 1.82) is 0 Å². The molecule has 0 aromatic heterocycles. The van der Waals surface area contributed by atoms with Crippen molar-refractivity contribution in [1.82, 2.24) is 0 Å². The summed E-state index contributed by atoms with van der Waals surface area (Å²) in [5.74, 6) is 5.16. The van der Waals surface area contributed by atoms with Crippen LogP contribution in [0.1, 0.15) is 128 Å². The van der Waals surface area contributed by atoms with Gasteiger partial charge < -0.3 is 0 Å². The monoisotopic (exact) mass is 576 g/mol. The van der Waals surface area contributed by atoms with Crippen LogP contribution in [0.4, 0.5) is 0 Å². The van der Waals surface area contributed by atoms with Crippen LogP contribution in [0.5, 0.6) is 0 Å². The maximum Gasteiger partial charge on any atom is 0.00551 e. The van der Waals surface area contributed by atoms with Crippen molar-refractivity contribution in [3.63, 3.8) is 0 Å². The standard InChI is InChI=1S/C43H60/c1-6-37-30-43(39-27-24-36(25-28-39)23-26-38-18-8-7-14-33(38)4)41-20-10-9-19-40(41)42(37)29-34(5)32(3)15-12-17-35-16-11-13-31(2)21-22-35/h6,8-9,18-19,24-25,27-29,31,33,35,38,40-41,43H,1,3,7,10-17,20-23,26,30H2,2,4-5H3. The third-order valence-electron chi connectivity index (χ3n) is 11.9. The SMILES string of the molecule is C=CC1=C(C=C(C)C(=C)CCCC2CCCC(C)CC2)C2C=CCCC2C(c2ccc(CCC3C=CCCC3C)cc2)C1. The lowest BCUT2D eigenvalue weighted by molar-refractivity contribution is 0.307. The molecule has 0 spiro atoms. The molecule has 7 unspecified atom stereocenters. The molecule has 4 aliphatic rings. The average molecular weight is 577 g/mol. The summed E-state index contributed by atoms with van der Waals surface area (Å²) in [6.45, 7) is 16.1. The van der Waals surface area contributed by atoms with Gasteiger partial charge in [-0.25, -0.2) is 0 Å². The van der Waals surface area contributed by atoms with Crippen molar-refractivity contribution in [3.05, 3.63) is 107 Å². The van der Waals surface area contributed by atoms with Gasteiger partial charge in [-0.2, -0.15) is 0 Å². The molecule has 0 N–H and O–H groups in total. The van der Waals surface area contributed by atoms with Crippen LogP contribution in [0.3, 0.4) is 0 Å². The minimum absolute atomic E-state index is 0.482. The van der Waals surface area contributed by atoms with Crippen LogP contribution in [-0.2, 0) is 6.42 Å². The van der Waals surface area contributed by atoms with Crippen molar-refractivity contribution >= 4 is 0 Å². The first-order valence-electron chi connectivity index (χ1n) is 18.1. The second-order valence-electron chi connectivity index (χ2n) is 14.9. The Hall–Kier alpha value is -2.34. The molecule has 43 heavy (non-hydrogen) atoms. The van der Waals surface area contributed by atoms with E-state index in [0.717, 1.165) is 36.5 Å². The maximum atomic E-state index is 4.57. The van der Waals surface area contributed by atoms with Gasteiger partial charge in [0.1, 0.15) is 0 Å². The number of aryl methyl sites for hydroxylation is 1. The number of hydrogen-bond donors (Lipinski definition) is 0. The van der Waals surface area contributed by atoms with Crippen LogP contribution >= 0.6 is 0 Å². The van der Waals surface area contributed by atoms with Gasteiger partial charge in [-0.05, 0) is 128 Å². The van der Waals surface area contributed by atoms with Crippen LogP contribution in [0.2, 0.25) is 0 Å². The Morgan fingerprint density at radius 2 is 1.70 bits per heavy atom. The largest absolute Gasteiger partial charge is 0.0988 e. The van der Waals surface area contributed by atoms with Crippen LogP contribution in [0, 0.1) is 35.5 Å². The van der Waals surface area contributed by atoms with Gasteiger partial charge in [-0.3, -0.25) is 0 Å². The highest BCUT2D eigenvalue weighted by molar-refractivity contribution is 5.47. The second kappa shape index (κ2) is 15.6. The predicted molar refractivity (Wildman–Crippen MR) is 188 cm³/mol. The highest BCUT2D eigenvalue weighted by atomic mass is 14.4. The Balaban J connectivity index is 1.24. The minimum atomic E-state index is 0.482. The highest BCUT2D eigenvalue weighted by Gasteiger charge is 2.37. The molecule has 5 rings (SSSR count). The highest BCUT2D eigenvalue weighted by Crippen LogP contribution is 2.49. The number of fused-ring (bicyclic) bond motifs is 1. The second-order valence-corrected chi connectivity index (χ2v) is 14.9. The first-order chi connectivity index (χ1) is 20.9. The molecular formula is C43H60. The van der Waals surface area contributed by atoms with Gasteiger partial charge in [0.15, 0.2) is 0 Å². The Kier molecular flexibility index (Phi) is 11.6. The summed E-state index contributed by atoms with van der Waals surface area (Å²) >= 11 is 0. The van der Waals surface area contributed by atoms with E-state index in [4.69, 9.17) is 0 Å². The molecule has 4 aliphatic carbocycles. The first-order valence-corrected chi connectivity index (χ1v) is 18.1. The summed E-state index contributed by atoms with van der Waals surface area (Å²) < 4.78 is 0. The molecule has 0 bridgehead atoms. The third kappa shape index (κ3) is 8.44. The van der Waals surface area contributed by atoms with E-state index in [1.54, 1.807) is 0 Å². The Bertz CT molecular complexity index is 1200. The molecule has 0 radical (unpaired) electrons. The van der Waals surface area contributed by atoms with E-state index in [1.807, 2.05) is 0 Å². The Morgan fingerprint density at radius 3 is 2.49 bits per heavy atom. The molecule has 232 valence electrons. The van der Waals surface area contributed by atoms with E-state index in [2.05, 4.69) is 94.7 Å². The summed E-state index contributed by atoms with van der Waals surface area (Å²) in [6.07, 6.45) is 34.1. The summed E-state index contributed by atoms with van der Waals surface area (Å²) in [4.78, 5) is 0. The molecule has 0 nitrogen and oxygen atoms in total. The average Bonchev–Trinajstić information content (AvgIpc) is 3.24. The molecule has 0 aliphatic heterocycles. The van der Waals surface area contributed by atoms with Gasteiger partial charge >= 0.3 is 0 Å². The molecular weight excluding hydrogens is 516 g/mol. The Morgan fingerprint density at radius 1 is 0.907 bits per heavy atom. The van der Waals surface area contributed by atoms with Gasteiger partial charge in [0.05, 0.1) is 0 Å². The predicted octanol–water partition coefficient (Wildman–Crippen LogP) is 12.7. The third-order valence-corrected chi connectivity index (χ3v) is 11.9. The van der Waals surface area contributed by atoms with Crippen molar-refractivity contribution < 1.29 is 0 Å². The number of rotatable bonds is 11. The fraction of sp³-hybridized carbons (Fsp3) is 0.581. The molecule has 1 fully saturated rings. The van der Waals surface area contributed by atoms with E-state index < -0.39 is 0 Å². The van der Waals surface area contributed by atoms with E-state index in [9.17, 15) is 0 Å². The topological polar surface area (TPSA) is 0 Å². The molecule has 0 heteroatoms. The van der Waals surface area contributed by atoms with E-state index >= 15 is 0 Å². The molecule has 1 aromatic carbocycles. The Labute approximate surface area is 265 Å². The molecule has 1 saturated carbocycles. The molecule has 0 amide bonds. The van der Waals surface area contributed by atoms with Gasteiger partial charge in [0.2, 0.25) is 0 Å². The van der Waals surface area contributed by atoms with Crippen LogP contribution in [-0.4, -0.2) is 0 Å². The van der Waals surface area contributed by atoms with Crippen LogP contribution < -0.4 is 0 Å². The minimum Gasteiger partial charge on any atom is -0.0988 e. The summed E-state index contributed by atoms with van der Waals surface area (Å²) in [7, 11) is 0. The van der Waals surface area contributed by atoms with Gasteiger partial charge in [-0.1, -0.05) is 132 Å². The zero-order valence-corrected chi connectivity index (χ0v) is 27.8. The number of hydrogen-bond acceptors (Lipinski definition) is 0. The van der Waals surface area contributed by atoms with Crippen molar-refractivity contribution in [3.8, 4) is 0 Å². The lowest BCUT2D eigenvalue weighted by Crippen LogP contribution is -2.29. The fourth-order valence-corrected chi connectivity index (χ4v) is 8.78. The number of allylic oxidation sites excluding steroid dienone is 10. The van der Waals surface area contributed by atoms with Gasteiger partial charge in [-0.15, -0.1) is 0 Å². The smallest absolute Gasteiger partial charge is 0.00551 e. The lowest BCUT2D eigenvalue weighted by Gasteiger charge is -2.41. The summed E-state index contributed by atoms with van der Waals surface area (Å²) in [6, 6.07) is 9.77. The van der Waals surface area contributed by atoms with Crippen molar-refractivity contribution in [2.45, 2.75) is 123 Å². The van der Waals surface area contributed by atoms with E-state index in [-0.39, 0.29) is 0 Å². The molecule has 1 aromatic rings. The van der Waals surface area contributed by atoms with Crippen LogP contribution in [0.25, 0.3) is 0 Å². The zero-order valence-electron chi connectivity index (χ0n) is 27.8. The lowest BCUT2D eigenvalue weighted by atomic mass is 9.63. The van der Waals surface area contributed by atoms with E-state index in [1.165, 1.54) is 117 Å². The molecule has 0 heterocycles. The van der Waals surface area contributed by atoms with Gasteiger partial charge in [0.25, 0.3) is 0 Å². The number of benzene rings is 1. The molecule has 7 atom stereocenters. The van der Waals surface area contributed by atoms with E-state index in [0.29, 0.717) is 17.8 Å². The van der Waals surface area contributed by atoms with Crippen LogP contribution in [0.15, 0.2) is 96.2 Å². The normalized spacial score (nSPS) is 31.4.